The summed E-state index contributed by atoms with van der Waals surface area (Å²) in [5.74, 6) is -0.347. The number of hydrogen-bond acceptors (Lipinski definition) is 5. The van der Waals surface area contributed by atoms with E-state index in [1.807, 2.05) is 44.2 Å². The van der Waals surface area contributed by atoms with Gasteiger partial charge in [-0.2, -0.15) is 0 Å². The average Bonchev–Trinajstić information content (AvgIpc) is 2.99. The van der Waals surface area contributed by atoms with Gasteiger partial charge in [0.25, 0.3) is 0 Å². The third kappa shape index (κ3) is 5.13. The number of ether oxygens (including phenoxy) is 1. The first-order valence-corrected chi connectivity index (χ1v) is 9.42. The molecule has 0 aliphatic heterocycles. The lowest BCUT2D eigenvalue weighted by atomic mass is 10.0. The van der Waals surface area contributed by atoms with Crippen molar-refractivity contribution < 1.29 is 14.3 Å². The van der Waals surface area contributed by atoms with Crippen LogP contribution in [0.2, 0.25) is 0 Å². The minimum absolute atomic E-state index is 0.0268. The van der Waals surface area contributed by atoms with Crippen molar-refractivity contribution >= 4 is 28.3 Å². The Hall–Kier alpha value is -2.21. The fourth-order valence-electron chi connectivity index (χ4n) is 2.56. The summed E-state index contributed by atoms with van der Waals surface area (Å²) in [5, 5.41) is 3.42. The minimum Gasteiger partial charge on any atom is -0.466 e. The highest BCUT2D eigenvalue weighted by atomic mass is 32.1. The summed E-state index contributed by atoms with van der Waals surface area (Å²) in [4.78, 5) is 29.6. The number of nitrogens with one attached hydrogen (secondary N) is 1. The molecule has 1 heterocycles. The van der Waals surface area contributed by atoms with Crippen LogP contribution >= 0.6 is 11.3 Å². The molecule has 1 amide bonds. The van der Waals surface area contributed by atoms with Crippen LogP contribution in [0, 0.1) is 5.92 Å². The zero-order valence-corrected chi connectivity index (χ0v) is 15.7. The van der Waals surface area contributed by atoms with Crippen LogP contribution in [0.1, 0.15) is 38.5 Å². The molecule has 1 aromatic heterocycles. The van der Waals surface area contributed by atoms with Crippen LogP contribution in [0.3, 0.4) is 0 Å². The summed E-state index contributed by atoms with van der Waals surface area (Å²) in [7, 11) is 0. The first kappa shape index (κ1) is 19.1. The number of benzene rings is 1. The number of carbonyl (C=O) groups is 2. The fraction of sp³-hybridized carbons (Fsp3) is 0.421. The number of amides is 1. The smallest absolute Gasteiger partial charge is 0.311 e. The van der Waals surface area contributed by atoms with Crippen molar-refractivity contribution in [2.75, 3.05) is 11.9 Å². The Morgan fingerprint density at radius 2 is 1.84 bits per heavy atom. The zero-order valence-electron chi connectivity index (χ0n) is 14.9. The van der Waals surface area contributed by atoms with Gasteiger partial charge in [0.1, 0.15) is 0 Å². The Morgan fingerprint density at radius 1 is 1.16 bits per heavy atom. The van der Waals surface area contributed by atoms with E-state index in [2.05, 4.69) is 10.3 Å². The van der Waals surface area contributed by atoms with E-state index in [0.717, 1.165) is 29.0 Å². The molecule has 0 unspecified atom stereocenters. The van der Waals surface area contributed by atoms with Crippen LogP contribution in [-0.4, -0.2) is 23.5 Å². The van der Waals surface area contributed by atoms with Crippen LogP contribution in [0.4, 0.5) is 5.13 Å². The van der Waals surface area contributed by atoms with Gasteiger partial charge in [-0.05, 0) is 19.8 Å². The normalized spacial score (nSPS) is 10.7. The highest BCUT2D eigenvalue weighted by Gasteiger charge is 2.20. The molecule has 0 fully saturated rings. The minimum atomic E-state index is -0.291. The largest absolute Gasteiger partial charge is 0.466 e. The first-order valence-electron chi connectivity index (χ1n) is 8.60. The van der Waals surface area contributed by atoms with E-state index in [1.54, 1.807) is 6.92 Å². The van der Waals surface area contributed by atoms with E-state index in [4.69, 9.17) is 4.74 Å². The number of anilines is 1. The molecule has 2 rings (SSSR count). The van der Waals surface area contributed by atoms with E-state index in [-0.39, 0.29) is 24.2 Å². The second kappa shape index (κ2) is 9.32. The summed E-state index contributed by atoms with van der Waals surface area (Å²) in [5.41, 5.74) is 1.64. The maximum Gasteiger partial charge on any atom is 0.311 e. The van der Waals surface area contributed by atoms with Gasteiger partial charge in [-0.1, -0.05) is 44.2 Å². The van der Waals surface area contributed by atoms with Gasteiger partial charge in [0.2, 0.25) is 5.91 Å². The van der Waals surface area contributed by atoms with Gasteiger partial charge in [0.15, 0.2) is 5.13 Å². The van der Waals surface area contributed by atoms with E-state index in [9.17, 15) is 9.59 Å². The summed E-state index contributed by atoms with van der Waals surface area (Å²) >= 11 is 1.33. The Morgan fingerprint density at radius 3 is 2.44 bits per heavy atom. The quantitative estimate of drug-likeness (QED) is 0.713. The molecule has 25 heavy (non-hydrogen) atoms. The van der Waals surface area contributed by atoms with Crippen molar-refractivity contribution in [1.82, 2.24) is 4.98 Å². The Kier molecular flexibility index (Phi) is 7.13. The number of rotatable bonds is 8. The number of thiazole rings is 1. The highest BCUT2D eigenvalue weighted by Crippen LogP contribution is 2.32. The van der Waals surface area contributed by atoms with Crippen LogP contribution < -0.4 is 5.32 Å². The maximum absolute atomic E-state index is 12.3. The monoisotopic (exact) mass is 360 g/mol. The third-order valence-electron chi connectivity index (χ3n) is 3.94. The fourth-order valence-corrected chi connectivity index (χ4v) is 3.53. The molecule has 0 bridgehead atoms. The zero-order chi connectivity index (χ0) is 18.2. The molecule has 134 valence electrons. The van der Waals surface area contributed by atoms with Gasteiger partial charge in [-0.15, -0.1) is 11.3 Å². The predicted octanol–water partition coefficient (Wildman–Crippen LogP) is 4.29. The molecule has 0 aliphatic rings. The molecule has 6 heteroatoms. The Labute approximate surface area is 152 Å². The second-order valence-electron chi connectivity index (χ2n) is 5.64. The summed E-state index contributed by atoms with van der Waals surface area (Å²) in [6.07, 6.45) is 1.72. The van der Waals surface area contributed by atoms with Crippen molar-refractivity contribution in [2.24, 2.45) is 5.92 Å². The van der Waals surface area contributed by atoms with E-state index >= 15 is 0 Å². The van der Waals surface area contributed by atoms with Crippen LogP contribution in [0.25, 0.3) is 11.3 Å². The van der Waals surface area contributed by atoms with Crippen molar-refractivity contribution in [2.45, 2.75) is 40.0 Å². The lowest BCUT2D eigenvalue weighted by Gasteiger charge is -2.10. The molecule has 1 N–H and O–H groups in total. The van der Waals surface area contributed by atoms with Gasteiger partial charge >= 0.3 is 5.97 Å². The molecule has 0 saturated heterocycles. The first-order chi connectivity index (χ1) is 12.1. The van der Waals surface area contributed by atoms with E-state index in [1.165, 1.54) is 11.3 Å². The Balaban J connectivity index is 2.29. The third-order valence-corrected chi connectivity index (χ3v) is 4.91. The van der Waals surface area contributed by atoms with Gasteiger partial charge in [0, 0.05) is 16.4 Å². The van der Waals surface area contributed by atoms with Gasteiger partial charge < -0.3 is 10.1 Å². The van der Waals surface area contributed by atoms with Crippen molar-refractivity contribution in [3.05, 3.63) is 35.2 Å². The van der Waals surface area contributed by atoms with Crippen molar-refractivity contribution in [3.8, 4) is 11.3 Å². The molecular weight excluding hydrogens is 336 g/mol. The number of esters is 1. The van der Waals surface area contributed by atoms with Gasteiger partial charge in [0.05, 0.1) is 18.7 Å². The van der Waals surface area contributed by atoms with E-state index in [0.29, 0.717) is 11.7 Å². The molecule has 0 saturated carbocycles. The molecule has 0 atom stereocenters. The molecule has 5 nitrogen and oxygen atoms in total. The predicted molar refractivity (Wildman–Crippen MR) is 101 cm³/mol. The van der Waals surface area contributed by atoms with Crippen molar-refractivity contribution in [3.63, 3.8) is 0 Å². The summed E-state index contributed by atoms with van der Waals surface area (Å²) < 4.78 is 5.05. The lowest BCUT2D eigenvalue weighted by Crippen LogP contribution is -2.21. The summed E-state index contributed by atoms with van der Waals surface area (Å²) in [6, 6.07) is 9.65. The van der Waals surface area contributed by atoms with Gasteiger partial charge in [-0.3, -0.25) is 9.59 Å². The van der Waals surface area contributed by atoms with Crippen LogP contribution in [0.5, 0.6) is 0 Å². The number of hydrogen-bond donors (Lipinski definition) is 1. The van der Waals surface area contributed by atoms with Gasteiger partial charge in [-0.25, -0.2) is 4.98 Å². The average molecular weight is 360 g/mol. The number of aromatic nitrogens is 1. The maximum atomic E-state index is 12.3. The molecule has 0 aliphatic carbocycles. The summed E-state index contributed by atoms with van der Waals surface area (Å²) in [6.45, 7) is 6.12. The molecule has 1 aromatic carbocycles. The molecule has 0 spiro atoms. The highest BCUT2D eigenvalue weighted by molar-refractivity contribution is 7.16. The van der Waals surface area contributed by atoms with Crippen LogP contribution in [0.15, 0.2) is 30.3 Å². The lowest BCUT2D eigenvalue weighted by molar-refractivity contribution is -0.142. The molecule has 0 radical (unpaired) electrons. The van der Waals surface area contributed by atoms with Crippen molar-refractivity contribution in [1.29, 1.82) is 0 Å². The van der Waals surface area contributed by atoms with Crippen LogP contribution in [-0.2, 0) is 20.7 Å². The number of carbonyl (C=O) groups excluding carboxylic acids is 2. The molecular formula is C19H24N2O3S. The number of nitrogens with zero attached hydrogens (tertiary/aromatic N) is 1. The topological polar surface area (TPSA) is 68.3 Å². The second-order valence-corrected chi connectivity index (χ2v) is 6.72. The Bertz CT molecular complexity index is 709. The standard InChI is InChI=1S/C19H24N2O3S/c1-4-13(5-2)18(23)21-19-20-17(14-10-8-7-9-11-14)15(25-19)12-16(22)24-6-3/h7-11,13H,4-6,12H2,1-3H3,(H,20,21,23). The molecule has 2 aromatic rings. The SMILES string of the molecule is CCOC(=O)Cc1sc(NC(=O)C(CC)CC)nc1-c1ccccc1. The van der Waals surface area contributed by atoms with E-state index < -0.39 is 0 Å².